The van der Waals surface area contributed by atoms with Gasteiger partial charge in [0.25, 0.3) is 0 Å². The second kappa shape index (κ2) is 3.91. The summed E-state index contributed by atoms with van der Waals surface area (Å²) in [5.41, 5.74) is 2.25. The largest absolute Gasteiger partial charge is 0.471 e. The maximum atomic E-state index is 12.1. The first kappa shape index (κ1) is 11.7. The number of halogens is 3. The van der Waals surface area contributed by atoms with Crippen molar-refractivity contribution < 1.29 is 18.0 Å². The van der Waals surface area contributed by atoms with Gasteiger partial charge in [0.1, 0.15) is 0 Å². The highest BCUT2D eigenvalue weighted by Gasteiger charge is 2.41. The molecule has 2 nitrogen and oxygen atoms in total. The van der Waals surface area contributed by atoms with E-state index >= 15 is 0 Å². The Bertz CT molecular complexity index is 479. The Hall–Kier alpha value is -1.78. The first-order chi connectivity index (χ1) is 7.89. The first-order valence-electron chi connectivity index (χ1n) is 5.04. The van der Waals surface area contributed by atoms with Crippen LogP contribution in [0.15, 0.2) is 30.8 Å². The van der Waals surface area contributed by atoms with E-state index in [2.05, 4.69) is 6.58 Å². The molecular weight excluding hydrogens is 231 g/mol. The molecule has 0 aromatic heterocycles. The Labute approximate surface area is 96.1 Å². The van der Waals surface area contributed by atoms with Crippen molar-refractivity contribution in [3.05, 3.63) is 42.0 Å². The van der Waals surface area contributed by atoms with Gasteiger partial charge in [0, 0.05) is 0 Å². The number of hydrogen-bond donors (Lipinski definition) is 1. The molecule has 0 heterocycles. The summed E-state index contributed by atoms with van der Waals surface area (Å²) in [6.07, 6.45) is -4.53. The van der Waals surface area contributed by atoms with Crippen molar-refractivity contribution >= 4 is 11.5 Å². The van der Waals surface area contributed by atoms with Gasteiger partial charge in [-0.2, -0.15) is 13.2 Å². The zero-order chi connectivity index (χ0) is 12.6. The molecule has 1 amide bonds. The fourth-order valence-corrected chi connectivity index (χ4v) is 1.96. The molecular formula is C12H10F3NO. The minimum absolute atomic E-state index is 0.321. The predicted octanol–water partition coefficient (Wildman–Crippen LogP) is 2.82. The normalized spacial score (nSPS) is 19.0. The molecule has 90 valence electrons. The molecule has 17 heavy (non-hydrogen) atoms. The molecule has 0 fully saturated rings. The lowest BCUT2D eigenvalue weighted by Gasteiger charge is -2.14. The highest BCUT2D eigenvalue weighted by Crippen LogP contribution is 2.38. The number of fused-ring (bicyclic) bond motifs is 1. The van der Waals surface area contributed by atoms with Crippen molar-refractivity contribution in [1.29, 1.82) is 0 Å². The van der Waals surface area contributed by atoms with Gasteiger partial charge in [-0.1, -0.05) is 30.8 Å². The van der Waals surface area contributed by atoms with Gasteiger partial charge in [-0.3, -0.25) is 4.79 Å². The van der Waals surface area contributed by atoms with E-state index in [1.807, 2.05) is 5.32 Å². The smallest absolute Gasteiger partial charge is 0.341 e. The van der Waals surface area contributed by atoms with E-state index in [4.69, 9.17) is 0 Å². The van der Waals surface area contributed by atoms with E-state index in [0.29, 0.717) is 12.0 Å². The van der Waals surface area contributed by atoms with Crippen LogP contribution in [-0.4, -0.2) is 12.1 Å². The molecule has 0 radical (unpaired) electrons. The number of rotatable bonds is 1. The Morgan fingerprint density at radius 1 is 1.35 bits per heavy atom. The van der Waals surface area contributed by atoms with Crippen LogP contribution >= 0.6 is 0 Å². The number of nitrogens with one attached hydrogen (secondary N) is 1. The Morgan fingerprint density at radius 3 is 2.65 bits per heavy atom. The molecule has 0 saturated carbocycles. The lowest BCUT2D eigenvalue weighted by atomic mass is 10.1. The van der Waals surface area contributed by atoms with Crippen LogP contribution in [-0.2, 0) is 4.79 Å². The van der Waals surface area contributed by atoms with Crippen LogP contribution in [0.4, 0.5) is 13.2 Å². The average Bonchev–Trinajstić information content (AvgIpc) is 2.56. The minimum atomic E-state index is -4.85. The van der Waals surface area contributed by atoms with Crippen molar-refractivity contribution in [3.8, 4) is 0 Å². The van der Waals surface area contributed by atoms with E-state index in [1.165, 1.54) is 0 Å². The predicted molar refractivity (Wildman–Crippen MR) is 57.0 cm³/mol. The summed E-state index contributed by atoms with van der Waals surface area (Å²) in [7, 11) is 0. The molecule has 0 saturated heterocycles. The van der Waals surface area contributed by atoms with E-state index in [-0.39, 0.29) is 0 Å². The zero-order valence-electron chi connectivity index (χ0n) is 8.84. The third kappa shape index (κ3) is 2.18. The fraction of sp³-hybridized carbons (Fsp3) is 0.250. The summed E-state index contributed by atoms with van der Waals surface area (Å²) in [4.78, 5) is 10.9. The van der Waals surface area contributed by atoms with Crippen LogP contribution < -0.4 is 5.32 Å². The average molecular weight is 241 g/mol. The van der Waals surface area contributed by atoms with Crippen molar-refractivity contribution in [2.75, 3.05) is 0 Å². The van der Waals surface area contributed by atoms with Gasteiger partial charge in [0.15, 0.2) is 0 Å². The third-order valence-corrected chi connectivity index (χ3v) is 2.73. The van der Waals surface area contributed by atoms with Gasteiger partial charge in [0.05, 0.1) is 6.04 Å². The van der Waals surface area contributed by atoms with E-state index < -0.39 is 18.1 Å². The van der Waals surface area contributed by atoms with Crippen molar-refractivity contribution in [1.82, 2.24) is 5.32 Å². The van der Waals surface area contributed by atoms with Gasteiger partial charge in [0.2, 0.25) is 0 Å². The molecule has 0 aliphatic heterocycles. The number of alkyl halides is 3. The summed E-state index contributed by atoms with van der Waals surface area (Å²) < 4.78 is 36.4. The van der Waals surface area contributed by atoms with Crippen molar-refractivity contribution in [3.63, 3.8) is 0 Å². The lowest BCUT2D eigenvalue weighted by molar-refractivity contribution is -0.174. The van der Waals surface area contributed by atoms with E-state index in [9.17, 15) is 18.0 Å². The van der Waals surface area contributed by atoms with Crippen LogP contribution in [0.25, 0.3) is 5.57 Å². The highest BCUT2D eigenvalue weighted by molar-refractivity contribution is 5.83. The molecule has 0 spiro atoms. The van der Waals surface area contributed by atoms with Gasteiger partial charge in [-0.15, -0.1) is 0 Å². The molecule has 0 bridgehead atoms. The van der Waals surface area contributed by atoms with E-state index in [0.717, 1.165) is 11.1 Å². The Balaban J connectivity index is 2.21. The Morgan fingerprint density at radius 2 is 2.00 bits per heavy atom. The van der Waals surface area contributed by atoms with Gasteiger partial charge in [-0.05, 0) is 23.1 Å². The number of benzene rings is 1. The summed E-state index contributed by atoms with van der Waals surface area (Å²) in [5.74, 6) is -1.91. The molecule has 1 aliphatic rings. The number of amides is 1. The summed E-state index contributed by atoms with van der Waals surface area (Å²) >= 11 is 0. The van der Waals surface area contributed by atoms with Gasteiger partial charge >= 0.3 is 12.1 Å². The molecule has 5 heteroatoms. The lowest BCUT2D eigenvalue weighted by Crippen LogP contribution is -2.38. The summed E-state index contributed by atoms with van der Waals surface area (Å²) in [5, 5.41) is 1.98. The molecule has 1 unspecified atom stereocenters. The molecule has 1 atom stereocenters. The maximum absolute atomic E-state index is 12.1. The first-order valence-corrected chi connectivity index (χ1v) is 5.04. The topological polar surface area (TPSA) is 29.1 Å². The van der Waals surface area contributed by atoms with E-state index in [1.54, 1.807) is 24.3 Å². The molecule has 1 aromatic rings. The van der Waals surface area contributed by atoms with Crippen LogP contribution in [0.3, 0.4) is 0 Å². The van der Waals surface area contributed by atoms with Crippen LogP contribution in [0.5, 0.6) is 0 Å². The molecule has 1 aromatic carbocycles. The zero-order valence-corrected chi connectivity index (χ0v) is 8.84. The van der Waals surface area contributed by atoms with Crippen molar-refractivity contribution in [2.24, 2.45) is 0 Å². The van der Waals surface area contributed by atoms with Crippen LogP contribution in [0, 0.1) is 0 Å². The van der Waals surface area contributed by atoms with Crippen molar-refractivity contribution in [2.45, 2.75) is 18.6 Å². The quantitative estimate of drug-likeness (QED) is 0.804. The number of hydrogen-bond acceptors (Lipinski definition) is 1. The monoisotopic (exact) mass is 241 g/mol. The molecule has 2 rings (SSSR count). The number of carbonyl (C=O) groups excluding carboxylic acids is 1. The highest BCUT2D eigenvalue weighted by atomic mass is 19.4. The summed E-state index contributed by atoms with van der Waals surface area (Å²) in [6.45, 7) is 3.78. The maximum Gasteiger partial charge on any atom is 0.471 e. The fourth-order valence-electron chi connectivity index (χ4n) is 1.96. The SMILES string of the molecule is C=C1CC(NC(=O)C(F)(F)F)c2ccccc21. The second-order valence-electron chi connectivity index (χ2n) is 3.92. The van der Waals surface area contributed by atoms with Crippen LogP contribution in [0.1, 0.15) is 23.6 Å². The molecule has 1 N–H and O–H groups in total. The standard InChI is InChI=1S/C12H10F3NO/c1-7-6-10(16-11(17)12(13,14)15)9-5-3-2-4-8(7)9/h2-5,10H,1,6H2,(H,16,17). The van der Waals surface area contributed by atoms with Gasteiger partial charge < -0.3 is 5.32 Å². The molecule has 1 aliphatic carbocycles. The Kier molecular flexibility index (Phi) is 2.69. The van der Waals surface area contributed by atoms with Crippen LogP contribution in [0.2, 0.25) is 0 Å². The number of carbonyl (C=O) groups is 1. The third-order valence-electron chi connectivity index (χ3n) is 2.73. The summed E-state index contributed by atoms with van der Waals surface area (Å²) in [6, 6.07) is 6.38. The van der Waals surface area contributed by atoms with Gasteiger partial charge in [-0.25, -0.2) is 0 Å². The minimum Gasteiger partial charge on any atom is -0.341 e. The second-order valence-corrected chi connectivity index (χ2v) is 3.92.